The maximum absolute atomic E-state index is 11.5. The zero-order valence-corrected chi connectivity index (χ0v) is 9.97. The van der Waals surface area contributed by atoms with Gasteiger partial charge in [-0.2, -0.15) is 5.26 Å². The minimum Gasteiger partial charge on any atom is -0.324 e. The SMILES string of the molecule is N#CCc1nc2ccccc2n1C1CCC(=O)C1. The van der Waals surface area contributed by atoms with Crippen LogP contribution in [0.25, 0.3) is 11.0 Å². The number of hydrogen-bond donors (Lipinski definition) is 0. The summed E-state index contributed by atoms with van der Waals surface area (Å²) in [6.45, 7) is 0. The second-order valence-electron chi connectivity index (χ2n) is 4.66. The number of nitriles is 1. The Morgan fingerprint density at radius 2 is 2.28 bits per heavy atom. The van der Waals surface area contributed by atoms with Crippen LogP contribution in [0.3, 0.4) is 0 Å². The molecule has 0 spiro atoms. The summed E-state index contributed by atoms with van der Waals surface area (Å²) in [5, 5.41) is 8.89. The van der Waals surface area contributed by atoms with E-state index in [2.05, 4.69) is 15.6 Å². The van der Waals surface area contributed by atoms with Gasteiger partial charge < -0.3 is 4.57 Å². The van der Waals surface area contributed by atoms with Gasteiger partial charge in [0.05, 0.1) is 23.5 Å². The normalized spacial score (nSPS) is 19.3. The van der Waals surface area contributed by atoms with Crippen LogP contribution in [0.15, 0.2) is 24.3 Å². The molecule has 3 rings (SSSR count). The van der Waals surface area contributed by atoms with E-state index in [1.54, 1.807) is 0 Å². The van der Waals surface area contributed by atoms with Crippen LogP contribution in [0.5, 0.6) is 0 Å². The third-order valence-electron chi connectivity index (χ3n) is 3.49. The quantitative estimate of drug-likeness (QED) is 0.808. The van der Waals surface area contributed by atoms with Gasteiger partial charge in [-0.1, -0.05) is 12.1 Å². The number of ketones is 1. The predicted molar refractivity (Wildman–Crippen MR) is 66.9 cm³/mol. The van der Waals surface area contributed by atoms with Crippen molar-refractivity contribution in [3.8, 4) is 6.07 Å². The number of hydrogen-bond acceptors (Lipinski definition) is 3. The van der Waals surface area contributed by atoms with Gasteiger partial charge in [-0.25, -0.2) is 4.98 Å². The molecule has 1 saturated carbocycles. The van der Waals surface area contributed by atoms with E-state index in [0.717, 1.165) is 23.3 Å². The van der Waals surface area contributed by atoms with Crippen molar-refractivity contribution in [2.24, 2.45) is 0 Å². The smallest absolute Gasteiger partial charge is 0.135 e. The highest BCUT2D eigenvalue weighted by Crippen LogP contribution is 2.31. The predicted octanol–water partition coefficient (Wildman–Crippen LogP) is 2.40. The summed E-state index contributed by atoms with van der Waals surface area (Å²) < 4.78 is 2.09. The monoisotopic (exact) mass is 239 g/mol. The number of benzene rings is 1. The van der Waals surface area contributed by atoms with Gasteiger partial charge in [-0.05, 0) is 18.6 Å². The molecule has 0 saturated heterocycles. The molecule has 0 aliphatic heterocycles. The highest BCUT2D eigenvalue weighted by molar-refractivity contribution is 5.82. The third-order valence-corrected chi connectivity index (χ3v) is 3.49. The van der Waals surface area contributed by atoms with Crippen molar-refractivity contribution in [3.05, 3.63) is 30.1 Å². The number of carbonyl (C=O) groups excluding carboxylic acids is 1. The lowest BCUT2D eigenvalue weighted by atomic mass is 10.2. The van der Waals surface area contributed by atoms with Gasteiger partial charge in [0.1, 0.15) is 11.6 Å². The second kappa shape index (κ2) is 4.26. The number of imidazole rings is 1. The lowest BCUT2D eigenvalue weighted by molar-refractivity contribution is -0.117. The zero-order valence-electron chi connectivity index (χ0n) is 9.97. The van der Waals surface area contributed by atoms with E-state index < -0.39 is 0 Å². The molecule has 1 fully saturated rings. The first-order valence-electron chi connectivity index (χ1n) is 6.14. The molecular weight excluding hydrogens is 226 g/mol. The summed E-state index contributed by atoms with van der Waals surface area (Å²) >= 11 is 0. The van der Waals surface area contributed by atoms with E-state index in [9.17, 15) is 4.79 Å². The molecule has 4 heteroatoms. The lowest BCUT2D eigenvalue weighted by Crippen LogP contribution is -2.09. The topological polar surface area (TPSA) is 58.7 Å². The number of rotatable bonds is 2. The number of aromatic nitrogens is 2. The van der Waals surface area contributed by atoms with Crippen molar-refractivity contribution in [1.82, 2.24) is 9.55 Å². The van der Waals surface area contributed by atoms with Crippen molar-refractivity contribution in [3.63, 3.8) is 0 Å². The maximum Gasteiger partial charge on any atom is 0.135 e. The molecule has 4 nitrogen and oxygen atoms in total. The molecule has 1 atom stereocenters. The summed E-state index contributed by atoms with van der Waals surface area (Å²) in [5.41, 5.74) is 1.93. The van der Waals surface area contributed by atoms with Crippen molar-refractivity contribution in [1.29, 1.82) is 5.26 Å². The highest BCUT2D eigenvalue weighted by atomic mass is 16.1. The molecule has 1 aromatic carbocycles. The van der Waals surface area contributed by atoms with E-state index in [-0.39, 0.29) is 6.04 Å². The molecular formula is C14H13N3O. The Bertz CT molecular complexity index is 651. The Morgan fingerprint density at radius 1 is 1.44 bits per heavy atom. The molecule has 1 aliphatic carbocycles. The van der Waals surface area contributed by atoms with Crippen LogP contribution in [0.2, 0.25) is 0 Å². The van der Waals surface area contributed by atoms with E-state index in [0.29, 0.717) is 25.0 Å². The molecule has 1 aromatic heterocycles. The number of para-hydroxylation sites is 2. The molecule has 0 bridgehead atoms. The highest BCUT2D eigenvalue weighted by Gasteiger charge is 2.26. The fourth-order valence-corrected chi connectivity index (χ4v) is 2.71. The van der Waals surface area contributed by atoms with Crippen LogP contribution < -0.4 is 0 Å². The van der Waals surface area contributed by atoms with Crippen LogP contribution in [-0.2, 0) is 11.2 Å². The van der Waals surface area contributed by atoms with Crippen LogP contribution in [0, 0.1) is 11.3 Å². The Balaban J connectivity index is 2.15. The zero-order chi connectivity index (χ0) is 12.5. The molecule has 0 N–H and O–H groups in total. The maximum atomic E-state index is 11.5. The van der Waals surface area contributed by atoms with Gasteiger partial charge in [-0.15, -0.1) is 0 Å². The van der Waals surface area contributed by atoms with Crippen LogP contribution in [-0.4, -0.2) is 15.3 Å². The largest absolute Gasteiger partial charge is 0.324 e. The van der Waals surface area contributed by atoms with Crippen molar-refractivity contribution in [2.75, 3.05) is 0 Å². The Labute approximate surface area is 105 Å². The number of fused-ring (bicyclic) bond motifs is 1. The second-order valence-corrected chi connectivity index (χ2v) is 4.66. The van der Waals surface area contributed by atoms with Crippen molar-refractivity contribution < 1.29 is 4.79 Å². The molecule has 1 unspecified atom stereocenters. The van der Waals surface area contributed by atoms with Gasteiger partial charge in [0, 0.05) is 18.9 Å². The molecule has 1 heterocycles. The standard InChI is InChI=1S/C14H13N3O/c15-8-7-14-16-12-3-1-2-4-13(12)17(14)10-5-6-11(18)9-10/h1-4,10H,5-7,9H2. The average molecular weight is 239 g/mol. The molecule has 0 amide bonds. The van der Waals surface area contributed by atoms with Crippen LogP contribution in [0.4, 0.5) is 0 Å². The summed E-state index contributed by atoms with van der Waals surface area (Å²) in [6, 6.07) is 10.2. The average Bonchev–Trinajstić information content (AvgIpc) is 2.92. The van der Waals surface area contributed by atoms with E-state index in [4.69, 9.17) is 5.26 Å². The number of carbonyl (C=O) groups is 1. The summed E-state index contributed by atoms with van der Waals surface area (Å²) in [4.78, 5) is 16.0. The fourth-order valence-electron chi connectivity index (χ4n) is 2.71. The first kappa shape index (κ1) is 11.0. The van der Waals surface area contributed by atoms with Gasteiger partial charge in [0.2, 0.25) is 0 Å². The van der Waals surface area contributed by atoms with Gasteiger partial charge in [0.15, 0.2) is 0 Å². The Hall–Kier alpha value is -2.15. The Kier molecular flexibility index (Phi) is 2.60. The number of Topliss-reactive ketones (excluding diaryl/α,β-unsaturated/α-hetero) is 1. The van der Waals surface area contributed by atoms with E-state index in [1.807, 2.05) is 24.3 Å². The summed E-state index contributed by atoms with van der Waals surface area (Å²) in [5.74, 6) is 1.08. The summed E-state index contributed by atoms with van der Waals surface area (Å²) in [7, 11) is 0. The summed E-state index contributed by atoms with van der Waals surface area (Å²) in [6.07, 6.45) is 2.36. The van der Waals surface area contributed by atoms with Gasteiger partial charge in [-0.3, -0.25) is 4.79 Å². The minimum absolute atomic E-state index is 0.174. The third kappa shape index (κ3) is 1.68. The molecule has 0 radical (unpaired) electrons. The first-order valence-corrected chi connectivity index (χ1v) is 6.14. The molecule has 18 heavy (non-hydrogen) atoms. The first-order chi connectivity index (χ1) is 8.79. The lowest BCUT2D eigenvalue weighted by Gasteiger charge is -2.14. The minimum atomic E-state index is 0.174. The van der Waals surface area contributed by atoms with E-state index in [1.165, 1.54) is 0 Å². The van der Waals surface area contributed by atoms with Crippen molar-refractivity contribution >= 4 is 16.8 Å². The fraction of sp³-hybridized carbons (Fsp3) is 0.357. The van der Waals surface area contributed by atoms with Crippen molar-refractivity contribution in [2.45, 2.75) is 31.7 Å². The van der Waals surface area contributed by atoms with Gasteiger partial charge >= 0.3 is 0 Å². The molecule has 1 aliphatic rings. The van der Waals surface area contributed by atoms with Gasteiger partial charge in [0.25, 0.3) is 0 Å². The Morgan fingerprint density at radius 3 is 3.00 bits per heavy atom. The van der Waals surface area contributed by atoms with E-state index >= 15 is 0 Å². The molecule has 2 aromatic rings. The van der Waals surface area contributed by atoms with Crippen LogP contribution >= 0.6 is 0 Å². The number of nitrogens with zero attached hydrogens (tertiary/aromatic N) is 3. The van der Waals surface area contributed by atoms with Crippen LogP contribution in [0.1, 0.15) is 31.1 Å². The molecule has 90 valence electrons.